The quantitative estimate of drug-likeness (QED) is 0.122. The molecule has 13 rings (SSSR count). The first-order valence-electron chi connectivity index (χ1n) is 25.6. The van der Waals surface area contributed by atoms with Crippen molar-refractivity contribution in [3.8, 4) is 124 Å². The highest BCUT2D eigenvalue weighted by molar-refractivity contribution is 5.95. The molecule has 4 heterocycles. The molecule has 76 heavy (non-hydrogen) atoms. The van der Waals surface area contributed by atoms with E-state index in [9.17, 15) is 0 Å². The molecule has 0 spiro atoms. The number of para-hydroxylation sites is 2. The molecule has 6 heteroatoms. The Labute approximate surface area is 442 Å². The molecule has 0 N–H and O–H groups in total. The summed E-state index contributed by atoms with van der Waals surface area (Å²) < 4.78 is 4.13. The molecular weight excluding hydrogens is 925 g/mol. The number of hydrogen-bond acceptors (Lipinski definition) is 4. The molecule has 0 aliphatic heterocycles. The van der Waals surface area contributed by atoms with Gasteiger partial charge in [0.25, 0.3) is 0 Å². The third-order valence-corrected chi connectivity index (χ3v) is 13.8. The van der Waals surface area contributed by atoms with Crippen molar-refractivity contribution >= 4 is 0 Å². The van der Waals surface area contributed by atoms with E-state index < -0.39 is 0 Å². The Bertz CT molecular complexity index is 3840. The van der Waals surface area contributed by atoms with E-state index in [2.05, 4.69) is 276 Å². The van der Waals surface area contributed by atoms with Crippen LogP contribution in [0.1, 0.15) is 0 Å². The van der Waals surface area contributed by atoms with Crippen LogP contribution in [0.4, 0.5) is 0 Å². The third-order valence-electron chi connectivity index (χ3n) is 13.8. The summed E-state index contributed by atoms with van der Waals surface area (Å²) >= 11 is 0. The largest absolute Gasteiger partial charge is 0.246 e. The van der Waals surface area contributed by atoms with Crippen LogP contribution in [0.2, 0.25) is 0 Å². The molecule has 13 aromatic rings. The van der Waals surface area contributed by atoms with Gasteiger partial charge in [-0.05, 0) is 88.0 Å². The van der Waals surface area contributed by atoms with Crippen LogP contribution in [0.25, 0.3) is 124 Å². The molecule has 0 fully saturated rings. The summed E-state index contributed by atoms with van der Waals surface area (Å²) in [4.78, 5) is 11.3. The number of benzene rings is 9. The van der Waals surface area contributed by atoms with Gasteiger partial charge in [0.2, 0.25) is 0 Å². The maximum Gasteiger partial charge on any atom is 0.101 e. The number of nitrogens with zero attached hydrogens (tertiary/aromatic N) is 6. The fourth-order valence-electron chi connectivity index (χ4n) is 10.2. The highest BCUT2D eigenvalue weighted by atomic mass is 15.3. The van der Waals surface area contributed by atoms with Crippen molar-refractivity contribution in [2.45, 2.75) is 0 Å². The van der Waals surface area contributed by atoms with Crippen LogP contribution >= 0.6 is 0 Å². The average Bonchev–Trinajstić information content (AvgIpc) is 4.13. The van der Waals surface area contributed by atoms with E-state index in [0.29, 0.717) is 0 Å². The number of pyridine rings is 2. The highest BCUT2D eigenvalue weighted by Crippen LogP contribution is 2.45. The maximum atomic E-state index is 5.67. The first-order valence-corrected chi connectivity index (χ1v) is 25.6. The minimum Gasteiger partial charge on any atom is -0.246 e. The average molecular weight is 973 g/mol. The van der Waals surface area contributed by atoms with Crippen molar-refractivity contribution < 1.29 is 0 Å². The third kappa shape index (κ3) is 8.90. The summed E-state index contributed by atoms with van der Waals surface area (Å²) in [5.41, 5.74) is 20.9. The van der Waals surface area contributed by atoms with E-state index in [-0.39, 0.29) is 0 Å². The normalized spacial score (nSPS) is 11.2. The van der Waals surface area contributed by atoms with Gasteiger partial charge >= 0.3 is 0 Å². The van der Waals surface area contributed by atoms with Crippen molar-refractivity contribution in [1.29, 1.82) is 0 Å². The van der Waals surface area contributed by atoms with E-state index >= 15 is 0 Å². The van der Waals surface area contributed by atoms with E-state index in [4.69, 9.17) is 20.2 Å². The first kappa shape index (κ1) is 45.6. The molecule has 0 bridgehead atoms. The number of rotatable bonds is 12. The fourth-order valence-corrected chi connectivity index (χ4v) is 10.2. The van der Waals surface area contributed by atoms with E-state index in [1.165, 1.54) is 0 Å². The van der Waals surface area contributed by atoms with E-state index in [1.54, 1.807) is 0 Å². The topological polar surface area (TPSA) is 61.4 Å². The Morgan fingerprint density at radius 1 is 0.211 bits per heavy atom. The molecule has 9 aromatic carbocycles. The Morgan fingerprint density at radius 3 is 0.829 bits per heavy atom. The second kappa shape index (κ2) is 20.3. The van der Waals surface area contributed by atoms with E-state index in [0.717, 1.165) is 124 Å². The molecule has 0 saturated carbocycles. The smallest absolute Gasteiger partial charge is 0.101 e. The molecule has 0 amide bonds. The zero-order valence-electron chi connectivity index (χ0n) is 41.4. The van der Waals surface area contributed by atoms with Crippen molar-refractivity contribution in [3.05, 3.63) is 291 Å². The summed E-state index contributed by atoms with van der Waals surface area (Å²) in [5, 5.41) is 10.9. The molecule has 6 nitrogen and oxygen atoms in total. The Hall–Kier alpha value is -10.3. The van der Waals surface area contributed by atoms with Crippen LogP contribution in [0.5, 0.6) is 0 Å². The second-order valence-corrected chi connectivity index (χ2v) is 18.7. The van der Waals surface area contributed by atoms with Gasteiger partial charge in [0, 0.05) is 33.4 Å². The summed E-state index contributed by atoms with van der Waals surface area (Å²) in [5.74, 6) is 0. The van der Waals surface area contributed by atoms with Gasteiger partial charge in [-0.3, -0.25) is 0 Å². The molecule has 0 aliphatic carbocycles. The van der Waals surface area contributed by atoms with Crippen LogP contribution in [0.3, 0.4) is 0 Å². The Balaban J connectivity index is 1.04. The predicted molar refractivity (Wildman–Crippen MR) is 311 cm³/mol. The lowest BCUT2D eigenvalue weighted by molar-refractivity contribution is 0.888. The van der Waals surface area contributed by atoms with Gasteiger partial charge in [-0.1, -0.05) is 237 Å². The standard InChI is InChI=1S/C70H48N6/c1-9-26-49(27-10-1)57-45-61(71-63(47-57)69-65(51-30-13-3-14-31-51)67(53-34-17-5-18-35-53)73-75(69)59-40-21-7-22-41-59)55-38-25-39-56(44-55)62-46-58(50-28-11-2-12-29-50)48-64(72-62)70-66(52-32-15-4-16-33-52)68(54-36-19-6-20-37-54)74-76(70)60-42-23-8-24-43-60/h1-48H. The van der Waals surface area contributed by atoms with Crippen LogP contribution in [0.15, 0.2) is 291 Å². The van der Waals surface area contributed by atoms with Crippen molar-refractivity contribution in [3.63, 3.8) is 0 Å². The van der Waals surface area contributed by atoms with Gasteiger partial charge in [-0.15, -0.1) is 0 Å². The highest BCUT2D eigenvalue weighted by Gasteiger charge is 2.27. The Kier molecular flexibility index (Phi) is 12.2. The van der Waals surface area contributed by atoms with Gasteiger partial charge in [-0.25, -0.2) is 19.3 Å². The molecule has 0 atom stereocenters. The van der Waals surface area contributed by atoms with Gasteiger partial charge in [0.15, 0.2) is 0 Å². The monoisotopic (exact) mass is 972 g/mol. The van der Waals surface area contributed by atoms with Crippen LogP contribution < -0.4 is 0 Å². The lowest BCUT2D eigenvalue weighted by atomic mass is 9.94. The SMILES string of the molecule is c1ccc(-c2cc(-c3cccc(-c4cc(-c5ccccc5)cc(-c5c(-c6ccccc6)c(-c6ccccc6)nn5-c5ccccc5)n4)c3)nc(-c3c(-c4ccccc4)c(-c4ccccc4)nn3-c3ccccc3)c2)cc1. The zero-order chi connectivity index (χ0) is 50.6. The molecule has 4 aromatic heterocycles. The minimum atomic E-state index is 0.794. The number of hydrogen-bond donors (Lipinski definition) is 0. The van der Waals surface area contributed by atoms with Gasteiger partial charge < -0.3 is 0 Å². The predicted octanol–water partition coefficient (Wildman–Crippen LogP) is 17.5. The van der Waals surface area contributed by atoms with Gasteiger partial charge in [0.1, 0.15) is 22.8 Å². The van der Waals surface area contributed by atoms with Crippen LogP contribution in [-0.2, 0) is 0 Å². The molecular formula is C70H48N6. The maximum absolute atomic E-state index is 5.67. The van der Waals surface area contributed by atoms with Crippen molar-refractivity contribution in [2.75, 3.05) is 0 Å². The van der Waals surface area contributed by atoms with Crippen LogP contribution in [0, 0.1) is 0 Å². The first-order chi connectivity index (χ1) is 37.7. The molecule has 0 radical (unpaired) electrons. The summed E-state index contributed by atoms with van der Waals surface area (Å²) in [6.07, 6.45) is 0. The van der Waals surface area contributed by atoms with Crippen molar-refractivity contribution in [1.82, 2.24) is 29.5 Å². The molecule has 0 unspecified atom stereocenters. The minimum absolute atomic E-state index is 0.794. The van der Waals surface area contributed by atoms with Crippen molar-refractivity contribution in [2.24, 2.45) is 0 Å². The second-order valence-electron chi connectivity index (χ2n) is 18.7. The van der Waals surface area contributed by atoms with Gasteiger partial charge in [0.05, 0.1) is 34.2 Å². The molecule has 0 saturated heterocycles. The summed E-state index contributed by atoms with van der Waals surface area (Å²) in [7, 11) is 0. The Morgan fingerprint density at radius 2 is 0.487 bits per heavy atom. The summed E-state index contributed by atoms with van der Waals surface area (Å²) in [6.45, 7) is 0. The molecule has 358 valence electrons. The molecule has 0 aliphatic rings. The lowest BCUT2D eigenvalue weighted by Crippen LogP contribution is -2.02. The summed E-state index contributed by atoms with van der Waals surface area (Å²) in [6, 6.07) is 101. The van der Waals surface area contributed by atoms with Crippen LogP contribution in [-0.4, -0.2) is 29.5 Å². The van der Waals surface area contributed by atoms with Gasteiger partial charge in [-0.2, -0.15) is 10.2 Å². The van der Waals surface area contributed by atoms with E-state index in [1.807, 2.05) is 24.3 Å². The fraction of sp³-hybridized carbons (Fsp3) is 0. The number of aromatic nitrogens is 6. The lowest BCUT2D eigenvalue weighted by Gasteiger charge is -2.15. The zero-order valence-corrected chi connectivity index (χ0v) is 41.4.